The van der Waals surface area contributed by atoms with Crippen molar-refractivity contribution in [2.45, 2.75) is 61.9 Å². The minimum absolute atomic E-state index is 0.190. The molecule has 0 amide bonds. The zero-order valence-corrected chi connectivity index (χ0v) is 27.2. The summed E-state index contributed by atoms with van der Waals surface area (Å²) < 4.78 is 6.48. The van der Waals surface area contributed by atoms with Crippen molar-refractivity contribution in [3.63, 3.8) is 0 Å². The van der Waals surface area contributed by atoms with Crippen LogP contribution in [0.15, 0.2) is 166 Å². The maximum atomic E-state index is 6.48. The Kier molecular flexibility index (Phi) is 5.10. The van der Waals surface area contributed by atoms with Gasteiger partial charge >= 0.3 is 0 Å². The van der Waals surface area contributed by atoms with Crippen molar-refractivity contribution in [1.29, 1.82) is 0 Å². The Balaban J connectivity index is 1.12. The van der Waals surface area contributed by atoms with Gasteiger partial charge in [0.05, 0.1) is 5.41 Å². The highest BCUT2D eigenvalue weighted by atomic mass is 16.5. The van der Waals surface area contributed by atoms with E-state index < -0.39 is 0 Å². The highest BCUT2D eigenvalue weighted by molar-refractivity contribution is 5.94. The zero-order chi connectivity index (χ0) is 31.1. The van der Waals surface area contributed by atoms with Crippen LogP contribution in [0.3, 0.4) is 0 Å². The zero-order valence-electron chi connectivity index (χ0n) is 27.2. The summed E-state index contributed by atoms with van der Waals surface area (Å²) in [5, 5.41) is 0. The number of hydrogen-bond acceptors (Lipinski definition) is 1. The van der Waals surface area contributed by atoms with Gasteiger partial charge in [-0.15, -0.1) is 0 Å². The van der Waals surface area contributed by atoms with Crippen molar-refractivity contribution in [3.8, 4) is 5.75 Å². The third-order valence-corrected chi connectivity index (χ3v) is 13.5. The molecule has 0 bridgehead atoms. The van der Waals surface area contributed by atoms with E-state index in [0.29, 0.717) is 29.6 Å². The Morgan fingerprint density at radius 1 is 0.771 bits per heavy atom. The monoisotopic (exact) mass is 618 g/mol. The van der Waals surface area contributed by atoms with Crippen LogP contribution in [0.1, 0.15) is 72.6 Å². The van der Waals surface area contributed by atoms with Gasteiger partial charge < -0.3 is 4.74 Å². The summed E-state index contributed by atoms with van der Waals surface area (Å²) in [6.45, 7) is 0. The summed E-state index contributed by atoms with van der Waals surface area (Å²) >= 11 is 0. The second-order valence-electron chi connectivity index (χ2n) is 15.4. The summed E-state index contributed by atoms with van der Waals surface area (Å²) in [4.78, 5) is 0. The lowest BCUT2D eigenvalue weighted by Gasteiger charge is -2.41. The SMILES string of the molecule is C1=CC2C3=CC=CC4C3=C(C=C3C4c4ccccc4C34C3=C(CCC=C3)C3=C4C(c4ccc5c(c4)C4CCC=CC4O5)=CCC3)C2C=C1. The number of ether oxygens (including phenoxy) is 1. The summed E-state index contributed by atoms with van der Waals surface area (Å²) in [5.74, 6) is 3.15. The standard InChI is InChI=1S/C47H38O/c1-2-12-30-29(11-1)33-17-10-19-36-44(33)38(30)26-41-45(36)35-15-4-7-21-40(35)47(41)39-20-6-3-13-31(39)34-18-9-16-28(46(34)47)27-23-24-43-37(25-27)32-14-5-8-22-42(32)48-43/h1-2,4,6-8,10-12,15-17,19-26,29-30,32,36,42,45H,3,5,9,13-14,18H2. The van der Waals surface area contributed by atoms with Crippen molar-refractivity contribution in [2.75, 3.05) is 0 Å². The Hall–Kier alpha value is -4.62. The van der Waals surface area contributed by atoms with Gasteiger partial charge in [0.15, 0.2) is 0 Å². The first kappa shape index (κ1) is 26.3. The first-order chi connectivity index (χ1) is 23.8. The molecule has 1 spiro atoms. The molecule has 2 aromatic rings. The second-order valence-corrected chi connectivity index (χ2v) is 15.4. The number of benzene rings is 2. The van der Waals surface area contributed by atoms with Crippen LogP contribution in [0, 0.1) is 17.8 Å². The number of fused-ring (bicyclic) bond motifs is 15. The molecular weight excluding hydrogens is 581 g/mol. The van der Waals surface area contributed by atoms with E-state index in [9.17, 15) is 0 Å². The highest BCUT2D eigenvalue weighted by Gasteiger charge is 2.61. The van der Waals surface area contributed by atoms with Crippen LogP contribution in [0.5, 0.6) is 5.75 Å². The van der Waals surface area contributed by atoms with E-state index >= 15 is 0 Å². The molecule has 0 saturated carbocycles. The Morgan fingerprint density at radius 2 is 1.67 bits per heavy atom. The molecule has 9 aliphatic carbocycles. The molecule has 0 N–H and O–H groups in total. The topological polar surface area (TPSA) is 9.23 Å². The molecule has 0 fully saturated rings. The Labute approximate surface area is 283 Å². The second kappa shape index (κ2) is 9.29. The molecule has 2 aromatic carbocycles. The average Bonchev–Trinajstić information content (AvgIpc) is 3.86. The molecule has 232 valence electrons. The lowest BCUT2D eigenvalue weighted by molar-refractivity contribution is 0.244. The van der Waals surface area contributed by atoms with Gasteiger partial charge in [0.25, 0.3) is 0 Å². The fourth-order valence-electron chi connectivity index (χ4n) is 11.9. The van der Waals surface area contributed by atoms with E-state index in [1.165, 1.54) is 34.2 Å². The van der Waals surface area contributed by atoms with Crippen molar-refractivity contribution < 1.29 is 4.74 Å². The quantitative estimate of drug-likeness (QED) is 0.289. The van der Waals surface area contributed by atoms with Crippen LogP contribution in [0.25, 0.3) is 5.57 Å². The molecule has 0 radical (unpaired) electrons. The fraction of sp³-hybridized carbons (Fsp3) is 0.277. The maximum Gasteiger partial charge on any atom is 0.124 e. The predicted molar refractivity (Wildman–Crippen MR) is 194 cm³/mol. The lowest BCUT2D eigenvalue weighted by Crippen LogP contribution is -2.33. The third kappa shape index (κ3) is 3.06. The molecule has 12 rings (SSSR count). The summed E-state index contributed by atoms with van der Waals surface area (Å²) in [6.07, 6.45) is 38.8. The van der Waals surface area contributed by atoms with E-state index in [2.05, 4.69) is 121 Å². The van der Waals surface area contributed by atoms with Gasteiger partial charge in [-0.25, -0.2) is 0 Å². The van der Waals surface area contributed by atoms with Crippen LogP contribution in [0.4, 0.5) is 0 Å². The number of allylic oxidation sites excluding steroid dienone is 21. The van der Waals surface area contributed by atoms with E-state index in [1.807, 2.05) is 0 Å². The smallest absolute Gasteiger partial charge is 0.124 e. The fourth-order valence-corrected chi connectivity index (χ4v) is 11.9. The van der Waals surface area contributed by atoms with E-state index in [4.69, 9.17) is 4.74 Å². The molecule has 1 heterocycles. The van der Waals surface area contributed by atoms with Gasteiger partial charge in [0.2, 0.25) is 0 Å². The van der Waals surface area contributed by atoms with E-state index in [0.717, 1.165) is 37.9 Å². The van der Waals surface area contributed by atoms with Crippen LogP contribution in [-0.2, 0) is 5.41 Å². The summed E-state index contributed by atoms with van der Waals surface area (Å²) in [6, 6.07) is 16.8. The van der Waals surface area contributed by atoms with Gasteiger partial charge in [-0.3, -0.25) is 0 Å². The Morgan fingerprint density at radius 3 is 2.65 bits per heavy atom. The largest absolute Gasteiger partial charge is 0.485 e. The van der Waals surface area contributed by atoms with Crippen molar-refractivity contribution in [1.82, 2.24) is 0 Å². The van der Waals surface area contributed by atoms with Crippen LogP contribution in [0.2, 0.25) is 0 Å². The third-order valence-electron chi connectivity index (χ3n) is 13.5. The molecule has 7 atom stereocenters. The molecule has 7 unspecified atom stereocenters. The van der Waals surface area contributed by atoms with Crippen LogP contribution < -0.4 is 4.74 Å². The molecule has 1 aliphatic heterocycles. The maximum absolute atomic E-state index is 6.48. The normalized spacial score (nSPS) is 35.0. The molecule has 48 heavy (non-hydrogen) atoms. The molecule has 0 saturated heterocycles. The molecule has 1 heteroatoms. The molecule has 1 nitrogen and oxygen atoms in total. The van der Waals surface area contributed by atoms with Gasteiger partial charge in [0.1, 0.15) is 11.9 Å². The summed E-state index contributed by atoms with van der Waals surface area (Å²) in [5.41, 5.74) is 19.9. The van der Waals surface area contributed by atoms with Gasteiger partial charge in [-0.05, 0) is 124 Å². The molecule has 0 aromatic heterocycles. The van der Waals surface area contributed by atoms with Gasteiger partial charge in [0, 0.05) is 35.2 Å². The first-order valence-electron chi connectivity index (χ1n) is 18.4. The minimum atomic E-state index is -0.263. The Bertz CT molecular complexity index is 2250. The van der Waals surface area contributed by atoms with Crippen LogP contribution in [-0.4, -0.2) is 6.10 Å². The summed E-state index contributed by atoms with van der Waals surface area (Å²) in [7, 11) is 0. The number of rotatable bonds is 1. The van der Waals surface area contributed by atoms with E-state index in [-0.39, 0.29) is 11.5 Å². The number of hydrogen-bond donors (Lipinski definition) is 0. The van der Waals surface area contributed by atoms with Gasteiger partial charge in [-0.2, -0.15) is 0 Å². The lowest BCUT2D eigenvalue weighted by atomic mass is 9.61. The molecule has 10 aliphatic rings. The van der Waals surface area contributed by atoms with Crippen molar-refractivity contribution in [2.24, 2.45) is 17.8 Å². The van der Waals surface area contributed by atoms with Crippen molar-refractivity contribution in [3.05, 3.63) is 188 Å². The molecular formula is C47H38O. The minimum Gasteiger partial charge on any atom is -0.485 e. The van der Waals surface area contributed by atoms with Crippen LogP contribution >= 0.6 is 0 Å². The predicted octanol–water partition coefficient (Wildman–Crippen LogP) is 10.8. The first-order valence-corrected chi connectivity index (χ1v) is 18.4. The average molecular weight is 619 g/mol. The highest BCUT2D eigenvalue weighted by Crippen LogP contribution is 2.71. The van der Waals surface area contributed by atoms with Gasteiger partial charge in [-0.1, -0.05) is 103 Å². The van der Waals surface area contributed by atoms with E-state index in [1.54, 1.807) is 44.6 Å². The van der Waals surface area contributed by atoms with Crippen molar-refractivity contribution >= 4 is 5.57 Å².